The highest BCUT2D eigenvalue weighted by Crippen LogP contribution is 2.27. The van der Waals surface area contributed by atoms with Gasteiger partial charge in [-0.3, -0.25) is 4.79 Å². The average Bonchev–Trinajstić information content (AvgIpc) is 2.16. The lowest BCUT2D eigenvalue weighted by Gasteiger charge is -2.25. The molecule has 0 aliphatic carbocycles. The first kappa shape index (κ1) is 9.65. The Morgan fingerprint density at radius 3 is 2.93 bits per heavy atom. The second-order valence-corrected chi connectivity index (χ2v) is 4.21. The highest BCUT2D eigenvalue weighted by molar-refractivity contribution is 9.10. The van der Waals surface area contributed by atoms with Crippen molar-refractivity contribution in [2.45, 2.75) is 6.42 Å². The fourth-order valence-electron chi connectivity index (χ4n) is 1.64. The van der Waals surface area contributed by atoms with Gasteiger partial charge in [-0.15, -0.1) is 0 Å². The molecule has 0 spiro atoms. The van der Waals surface area contributed by atoms with E-state index in [0.29, 0.717) is 28.6 Å². The molecule has 0 saturated heterocycles. The number of likely N-dealkylation sites (N-methyl/N-ethyl adjacent to an activating group) is 1. The summed E-state index contributed by atoms with van der Waals surface area (Å²) >= 11 is 3.27. The van der Waals surface area contributed by atoms with Crippen LogP contribution in [-0.4, -0.2) is 24.4 Å². The molecule has 1 amide bonds. The first-order valence-corrected chi connectivity index (χ1v) is 5.13. The van der Waals surface area contributed by atoms with E-state index in [1.54, 1.807) is 18.0 Å². The van der Waals surface area contributed by atoms with Crippen LogP contribution in [0, 0.1) is 5.82 Å². The lowest BCUT2D eigenvalue weighted by Crippen LogP contribution is -2.35. The molecule has 0 bridgehead atoms. The third-order valence-corrected chi connectivity index (χ3v) is 3.12. The normalized spacial score (nSPS) is 15.6. The van der Waals surface area contributed by atoms with Crippen LogP contribution < -0.4 is 0 Å². The molecule has 1 aliphatic heterocycles. The minimum Gasteiger partial charge on any atom is -0.341 e. The van der Waals surface area contributed by atoms with Gasteiger partial charge in [0.1, 0.15) is 5.82 Å². The number of carbonyl (C=O) groups is 1. The van der Waals surface area contributed by atoms with Gasteiger partial charge in [0.15, 0.2) is 0 Å². The summed E-state index contributed by atoms with van der Waals surface area (Å²) < 4.78 is 14.0. The number of rotatable bonds is 0. The number of benzene rings is 1. The maximum absolute atomic E-state index is 13.4. The molecule has 0 unspecified atom stereocenters. The molecular formula is C10H9BrFNO. The van der Waals surface area contributed by atoms with E-state index in [0.717, 1.165) is 0 Å². The molecule has 0 aromatic heterocycles. The maximum atomic E-state index is 13.4. The zero-order valence-electron chi connectivity index (χ0n) is 7.68. The highest BCUT2D eigenvalue weighted by Gasteiger charge is 2.26. The topological polar surface area (TPSA) is 20.3 Å². The van der Waals surface area contributed by atoms with E-state index in [1.807, 2.05) is 0 Å². The van der Waals surface area contributed by atoms with Gasteiger partial charge >= 0.3 is 0 Å². The van der Waals surface area contributed by atoms with Crippen LogP contribution in [0.5, 0.6) is 0 Å². The van der Waals surface area contributed by atoms with Crippen molar-refractivity contribution in [2.24, 2.45) is 0 Å². The van der Waals surface area contributed by atoms with Crippen molar-refractivity contribution in [3.05, 3.63) is 33.5 Å². The van der Waals surface area contributed by atoms with E-state index >= 15 is 0 Å². The summed E-state index contributed by atoms with van der Waals surface area (Å²) in [5.41, 5.74) is 1.00. The van der Waals surface area contributed by atoms with E-state index in [4.69, 9.17) is 0 Å². The Bertz CT molecular complexity index is 405. The van der Waals surface area contributed by atoms with Gasteiger partial charge in [0.25, 0.3) is 5.91 Å². The fraction of sp³-hybridized carbons (Fsp3) is 0.300. The lowest BCUT2D eigenvalue weighted by molar-refractivity contribution is 0.0778. The molecule has 0 radical (unpaired) electrons. The van der Waals surface area contributed by atoms with E-state index in [1.165, 1.54) is 6.07 Å². The van der Waals surface area contributed by atoms with E-state index in [9.17, 15) is 9.18 Å². The average molecular weight is 258 g/mol. The third kappa shape index (κ3) is 1.34. The van der Waals surface area contributed by atoms with Gasteiger partial charge in [-0.1, -0.05) is 0 Å². The maximum Gasteiger partial charge on any atom is 0.255 e. The number of amides is 1. The van der Waals surface area contributed by atoms with Gasteiger partial charge in [-0.05, 0) is 34.5 Å². The van der Waals surface area contributed by atoms with Crippen LogP contribution in [0.2, 0.25) is 0 Å². The van der Waals surface area contributed by atoms with Crippen LogP contribution in [0.15, 0.2) is 16.6 Å². The van der Waals surface area contributed by atoms with Crippen LogP contribution >= 0.6 is 15.9 Å². The predicted octanol–water partition coefficient (Wildman–Crippen LogP) is 2.22. The van der Waals surface area contributed by atoms with E-state index in [2.05, 4.69) is 15.9 Å². The SMILES string of the molecule is CN1CCc2c(F)ccc(Br)c2C1=O. The third-order valence-electron chi connectivity index (χ3n) is 2.46. The van der Waals surface area contributed by atoms with Gasteiger partial charge in [0.05, 0.1) is 5.56 Å². The van der Waals surface area contributed by atoms with Crippen LogP contribution in [0.3, 0.4) is 0 Å². The summed E-state index contributed by atoms with van der Waals surface area (Å²) in [5, 5.41) is 0. The van der Waals surface area contributed by atoms with Gasteiger partial charge in [-0.25, -0.2) is 4.39 Å². The molecule has 1 heterocycles. The van der Waals surface area contributed by atoms with Crippen LogP contribution in [-0.2, 0) is 6.42 Å². The zero-order chi connectivity index (χ0) is 10.3. The van der Waals surface area contributed by atoms with Gasteiger partial charge in [0, 0.05) is 23.6 Å². The minimum absolute atomic E-state index is 0.113. The van der Waals surface area contributed by atoms with Crippen LogP contribution in [0.4, 0.5) is 4.39 Å². The highest BCUT2D eigenvalue weighted by atomic mass is 79.9. The number of hydrogen-bond acceptors (Lipinski definition) is 1. The lowest BCUT2D eigenvalue weighted by atomic mass is 9.99. The largest absolute Gasteiger partial charge is 0.341 e. The number of hydrogen-bond donors (Lipinski definition) is 0. The molecule has 1 aromatic rings. The second kappa shape index (κ2) is 3.35. The molecule has 0 fully saturated rings. The Hall–Kier alpha value is -0.900. The summed E-state index contributed by atoms with van der Waals surface area (Å²) in [6.07, 6.45) is 0.586. The van der Waals surface area contributed by atoms with Crippen molar-refractivity contribution < 1.29 is 9.18 Å². The van der Waals surface area contributed by atoms with Gasteiger partial charge in [0.2, 0.25) is 0 Å². The molecule has 1 aromatic carbocycles. The molecule has 74 valence electrons. The summed E-state index contributed by atoms with van der Waals surface area (Å²) in [6, 6.07) is 2.97. The fourth-order valence-corrected chi connectivity index (χ4v) is 2.18. The van der Waals surface area contributed by atoms with Crippen molar-refractivity contribution in [3.8, 4) is 0 Å². The monoisotopic (exact) mass is 257 g/mol. The minimum atomic E-state index is -0.287. The van der Waals surface area contributed by atoms with Crippen molar-refractivity contribution in [2.75, 3.05) is 13.6 Å². The molecule has 0 atom stereocenters. The van der Waals surface area contributed by atoms with E-state index in [-0.39, 0.29) is 11.7 Å². The summed E-state index contributed by atoms with van der Waals surface area (Å²) in [7, 11) is 1.72. The Labute approximate surface area is 89.8 Å². The summed E-state index contributed by atoms with van der Waals surface area (Å²) in [4.78, 5) is 13.3. The standard InChI is InChI=1S/C10H9BrFNO/c1-13-5-4-6-8(12)3-2-7(11)9(6)10(13)14/h2-3H,4-5H2,1H3. The van der Waals surface area contributed by atoms with E-state index < -0.39 is 0 Å². The molecule has 1 aliphatic rings. The Kier molecular flexibility index (Phi) is 2.31. The first-order valence-electron chi connectivity index (χ1n) is 4.33. The zero-order valence-corrected chi connectivity index (χ0v) is 9.27. The molecule has 4 heteroatoms. The van der Waals surface area contributed by atoms with Crippen LogP contribution in [0.1, 0.15) is 15.9 Å². The van der Waals surface area contributed by atoms with Crippen molar-refractivity contribution in [1.82, 2.24) is 4.90 Å². The van der Waals surface area contributed by atoms with Crippen molar-refractivity contribution >= 4 is 21.8 Å². The molecule has 0 saturated carbocycles. The molecule has 2 rings (SSSR count). The van der Waals surface area contributed by atoms with Gasteiger partial charge in [-0.2, -0.15) is 0 Å². The molecular weight excluding hydrogens is 249 g/mol. The number of halogens is 2. The quantitative estimate of drug-likeness (QED) is 0.698. The van der Waals surface area contributed by atoms with Gasteiger partial charge < -0.3 is 4.90 Å². The molecule has 0 N–H and O–H groups in total. The summed E-state index contributed by atoms with van der Waals surface area (Å²) in [5.74, 6) is -0.401. The van der Waals surface area contributed by atoms with Crippen molar-refractivity contribution in [3.63, 3.8) is 0 Å². The smallest absolute Gasteiger partial charge is 0.255 e. The second-order valence-electron chi connectivity index (χ2n) is 3.36. The molecule has 2 nitrogen and oxygen atoms in total. The first-order chi connectivity index (χ1) is 6.61. The number of carbonyl (C=O) groups excluding carboxylic acids is 1. The van der Waals surface area contributed by atoms with Crippen molar-refractivity contribution in [1.29, 1.82) is 0 Å². The Morgan fingerprint density at radius 2 is 2.21 bits per heavy atom. The number of fused-ring (bicyclic) bond motifs is 1. The number of nitrogens with zero attached hydrogens (tertiary/aromatic N) is 1. The van der Waals surface area contributed by atoms with Crippen LogP contribution in [0.25, 0.3) is 0 Å². The Balaban J connectivity index is 2.64. The Morgan fingerprint density at radius 1 is 1.50 bits per heavy atom. The predicted molar refractivity (Wildman–Crippen MR) is 54.8 cm³/mol. The summed E-state index contributed by atoms with van der Waals surface area (Å²) in [6.45, 7) is 0.583. The molecule has 14 heavy (non-hydrogen) atoms.